The highest BCUT2D eigenvalue weighted by Gasteiger charge is 2.24. The zero-order valence-electron chi connectivity index (χ0n) is 16.6. The van der Waals surface area contributed by atoms with Crippen LogP contribution in [0.15, 0.2) is 34.2 Å². The first-order valence-electron chi connectivity index (χ1n) is 10.2. The van der Waals surface area contributed by atoms with Gasteiger partial charge < -0.3 is 10.1 Å². The van der Waals surface area contributed by atoms with Crippen molar-refractivity contribution < 1.29 is 9.53 Å². The van der Waals surface area contributed by atoms with Crippen molar-refractivity contribution in [1.29, 1.82) is 0 Å². The van der Waals surface area contributed by atoms with Gasteiger partial charge in [-0.05, 0) is 37.8 Å². The van der Waals surface area contributed by atoms with Crippen molar-refractivity contribution in [3.63, 3.8) is 0 Å². The van der Waals surface area contributed by atoms with Gasteiger partial charge in [-0.15, -0.1) is 0 Å². The van der Waals surface area contributed by atoms with Gasteiger partial charge in [0, 0.05) is 13.2 Å². The summed E-state index contributed by atoms with van der Waals surface area (Å²) < 4.78 is 7.45. The molecule has 2 heterocycles. The molecule has 152 valence electrons. The normalized spacial score (nSPS) is 17.7. The molecule has 1 aliphatic heterocycles. The summed E-state index contributed by atoms with van der Waals surface area (Å²) in [5.41, 5.74) is 0.602. The summed E-state index contributed by atoms with van der Waals surface area (Å²) in [5, 5.41) is 3.92. The smallest absolute Gasteiger partial charge is 0.262 e. The molecule has 1 N–H and O–H groups in total. The Balaban J connectivity index is 1.90. The largest absolute Gasteiger partial charge is 0.376 e. The first kappa shape index (κ1) is 20.9. The van der Waals surface area contributed by atoms with Crippen LogP contribution < -0.4 is 10.9 Å². The lowest BCUT2D eigenvalue weighted by Crippen LogP contribution is -2.34. The summed E-state index contributed by atoms with van der Waals surface area (Å²) in [6, 6.07) is 7.38. The number of aromatic nitrogens is 2. The zero-order chi connectivity index (χ0) is 19.9. The molecule has 0 unspecified atom stereocenters. The predicted octanol–water partition coefficient (Wildman–Crippen LogP) is 3.36. The van der Waals surface area contributed by atoms with E-state index in [0.717, 1.165) is 32.3 Å². The summed E-state index contributed by atoms with van der Waals surface area (Å²) in [6.45, 7) is 5.98. The summed E-state index contributed by atoms with van der Waals surface area (Å²) in [5.74, 6) is 0.00650. The van der Waals surface area contributed by atoms with Gasteiger partial charge >= 0.3 is 0 Å². The van der Waals surface area contributed by atoms with Gasteiger partial charge in [-0.1, -0.05) is 44.2 Å². The Hall–Kier alpha value is -1.86. The molecule has 2 aromatic rings. The molecular formula is C21H29N3O3S. The molecule has 0 radical (unpaired) electrons. The molecular weight excluding hydrogens is 374 g/mol. The Kier molecular flexibility index (Phi) is 7.50. The molecule has 1 aromatic heterocycles. The number of para-hydroxylation sites is 1. The maximum absolute atomic E-state index is 13.1. The third-order valence-corrected chi connectivity index (χ3v) is 6.33. The van der Waals surface area contributed by atoms with E-state index in [-0.39, 0.29) is 22.8 Å². The van der Waals surface area contributed by atoms with Gasteiger partial charge in [0.05, 0.1) is 28.8 Å². The summed E-state index contributed by atoms with van der Waals surface area (Å²) in [6.07, 6.45) is 4.66. The minimum atomic E-state index is -0.277. The summed E-state index contributed by atoms with van der Waals surface area (Å²) in [7, 11) is 0. The molecule has 28 heavy (non-hydrogen) atoms. The third kappa shape index (κ3) is 4.94. The number of carbonyl (C=O) groups excluding carboxylic acids is 1. The minimum absolute atomic E-state index is 0.00650. The average Bonchev–Trinajstić information content (AvgIpc) is 3.22. The molecule has 0 aliphatic carbocycles. The van der Waals surface area contributed by atoms with Gasteiger partial charge in [-0.2, -0.15) is 0 Å². The van der Waals surface area contributed by atoms with E-state index in [0.29, 0.717) is 35.6 Å². The molecule has 0 spiro atoms. The van der Waals surface area contributed by atoms with Crippen LogP contribution in [0.2, 0.25) is 0 Å². The van der Waals surface area contributed by atoms with Crippen LogP contribution in [0, 0.1) is 0 Å². The lowest BCUT2D eigenvalue weighted by molar-refractivity contribution is -0.120. The highest BCUT2D eigenvalue weighted by atomic mass is 32.2. The highest BCUT2D eigenvalue weighted by Crippen LogP contribution is 2.26. The van der Waals surface area contributed by atoms with Crippen LogP contribution in [-0.4, -0.2) is 40.0 Å². The molecule has 1 saturated heterocycles. The monoisotopic (exact) mass is 403 g/mol. The fraction of sp³-hybridized carbons (Fsp3) is 0.571. The molecule has 2 atom stereocenters. The van der Waals surface area contributed by atoms with Gasteiger partial charge in [0.1, 0.15) is 0 Å². The van der Waals surface area contributed by atoms with Crippen LogP contribution in [0.25, 0.3) is 10.9 Å². The molecule has 1 fully saturated rings. The summed E-state index contributed by atoms with van der Waals surface area (Å²) >= 11 is 1.38. The number of fused-ring (bicyclic) bond motifs is 1. The van der Waals surface area contributed by atoms with Crippen molar-refractivity contribution in [3.05, 3.63) is 34.6 Å². The van der Waals surface area contributed by atoms with Crippen LogP contribution in [0.5, 0.6) is 0 Å². The van der Waals surface area contributed by atoms with Crippen LogP contribution in [-0.2, 0) is 16.1 Å². The third-order valence-electron chi connectivity index (χ3n) is 4.98. The molecule has 0 saturated carbocycles. The number of nitrogens with zero attached hydrogens (tertiary/aromatic N) is 2. The van der Waals surface area contributed by atoms with Crippen LogP contribution in [0.3, 0.4) is 0 Å². The van der Waals surface area contributed by atoms with Crippen molar-refractivity contribution in [1.82, 2.24) is 14.9 Å². The van der Waals surface area contributed by atoms with E-state index in [1.54, 1.807) is 10.6 Å². The molecule has 1 aliphatic rings. The summed E-state index contributed by atoms with van der Waals surface area (Å²) in [4.78, 5) is 30.5. The number of ether oxygens (including phenoxy) is 1. The fourth-order valence-corrected chi connectivity index (χ4v) is 4.39. The number of unbranched alkanes of at least 4 members (excludes halogenated alkanes) is 1. The van der Waals surface area contributed by atoms with Crippen LogP contribution >= 0.6 is 11.8 Å². The highest BCUT2D eigenvalue weighted by molar-refractivity contribution is 8.00. The van der Waals surface area contributed by atoms with Gasteiger partial charge in [0.25, 0.3) is 5.56 Å². The molecule has 6 nitrogen and oxygen atoms in total. The van der Waals surface area contributed by atoms with Gasteiger partial charge in [0.2, 0.25) is 5.91 Å². The number of amides is 1. The van der Waals surface area contributed by atoms with Crippen LogP contribution in [0.4, 0.5) is 0 Å². The van der Waals surface area contributed by atoms with Crippen LogP contribution in [0.1, 0.15) is 46.0 Å². The molecule has 7 heteroatoms. The quantitative estimate of drug-likeness (QED) is 0.395. The van der Waals surface area contributed by atoms with Gasteiger partial charge in [0.15, 0.2) is 5.16 Å². The van der Waals surface area contributed by atoms with Crippen molar-refractivity contribution in [2.24, 2.45) is 0 Å². The Labute approximate surface area is 170 Å². The Morgan fingerprint density at radius 2 is 2.21 bits per heavy atom. The van der Waals surface area contributed by atoms with E-state index in [1.807, 2.05) is 25.1 Å². The molecule has 0 bridgehead atoms. The number of hydrogen-bond acceptors (Lipinski definition) is 5. The first-order valence-corrected chi connectivity index (χ1v) is 11.1. The SMILES string of the molecule is CCCCNC(=O)[C@@H](CC)Sc1nc2ccccc2c(=O)n1C[C@H]1CCCO1. The van der Waals surface area contributed by atoms with E-state index in [9.17, 15) is 9.59 Å². The Morgan fingerprint density at radius 1 is 1.39 bits per heavy atom. The minimum Gasteiger partial charge on any atom is -0.376 e. The van der Waals surface area contributed by atoms with Crippen molar-refractivity contribution >= 4 is 28.6 Å². The average molecular weight is 404 g/mol. The maximum Gasteiger partial charge on any atom is 0.262 e. The first-order chi connectivity index (χ1) is 13.6. The number of hydrogen-bond donors (Lipinski definition) is 1. The van der Waals surface area contributed by atoms with Crippen molar-refractivity contribution in [2.75, 3.05) is 13.2 Å². The van der Waals surface area contributed by atoms with E-state index in [2.05, 4.69) is 12.2 Å². The van der Waals surface area contributed by atoms with E-state index < -0.39 is 0 Å². The van der Waals surface area contributed by atoms with E-state index in [1.165, 1.54) is 11.8 Å². The standard InChI is InChI=1S/C21H29N3O3S/c1-3-5-12-22-19(25)18(4-2)28-21-23-17-11-7-6-10-16(17)20(26)24(21)14-15-9-8-13-27-15/h6-7,10-11,15,18H,3-5,8-9,12-14H2,1-2H3,(H,22,25)/t15-,18-/m1/s1. The Morgan fingerprint density at radius 3 is 2.93 bits per heavy atom. The van der Waals surface area contributed by atoms with Gasteiger partial charge in [-0.25, -0.2) is 4.98 Å². The van der Waals surface area contributed by atoms with E-state index >= 15 is 0 Å². The number of benzene rings is 1. The number of carbonyl (C=O) groups is 1. The number of rotatable bonds is 9. The molecule has 1 amide bonds. The topological polar surface area (TPSA) is 73.2 Å². The zero-order valence-corrected chi connectivity index (χ0v) is 17.5. The van der Waals surface area contributed by atoms with Gasteiger partial charge in [-0.3, -0.25) is 14.2 Å². The van der Waals surface area contributed by atoms with Crippen molar-refractivity contribution in [2.45, 2.75) is 69.0 Å². The van der Waals surface area contributed by atoms with Crippen molar-refractivity contribution in [3.8, 4) is 0 Å². The second-order valence-electron chi connectivity index (χ2n) is 7.12. The molecule has 1 aromatic carbocycles. The number of thioether (sulfide) groups is 1. The molecule has 3 rings (SSSR count). The lowest BCUT2D eigenvalue weighted by Gasteiger charge is -2.19. The fourth-order valence-electron chi connectivity index (χ4n) is 3.34. The predicted molar refractivity (Wildman–Crippen MR) is 113 cm³/mol. The van der Waals surface area contributed by atoms with E-state index in [4.69, 9.17) is 9.72 Å². The number of nitrogens with one attached hydrogen (secondary N) is 1. The maximum atomic E-state index is 13.1. The Bertz CT molecular complexity index is 862. The lowest BCUT2D eigenvalue weighted by atomic mass is 10.2. The second kappa shape index (κ2) is 10.1. The second-order valence-corrected chi connectivity index (χ2v) is 8.29.